The first-order chi connectivity index (χ1) is 16.7. The largest absolute Gasteiger partial charge is 0.491 e. The monoisotopic (exact) mass is 492 g/mol. The normalized spacial score (nSPS) is 15.9. The van der Waals surface area contributed by atoms with Crippen LogP contribution in [0.25, 0.3) is 33.1 Å². The Kier molecular flexibility index (Phi) is 6.29. The number of hydrogen-bond acceptors (Lipinski definition) is 5. The molecule has 1 aliphatic rings. The number of benzene rings is 2. The van der Waals surface area contributed by atoms with Gasteiger partial charge in [-0.25, -0.2) is 17.7 Å². The molecule has 0 spiro atoms. The number of pyridine rings is 1. The number of likely N-dealkylation sites (tertiary alicyclic amines) is 1. The minimum atomic E-state index is -3.54. The van der Waals surface area contributed by atoms with Crippen LogP contribution in [0.15, 0.2) is 53.6 Å². The first-order valence-electron chi connectivity index (χ1n) is 12.0. The molecule has 2 aromatic heterocycles. The van der Waals surface area contributed by atoms with Crippen LogP contribution in [0.1, 0.15) is 18.4 Å². The van der Waals surface area contributed by atoms with Crippen LogP contribution in [0.4, 0.5) is 0 Å². The standard InChI is InChI=1S/C27H32N4O3S/c1-18-14-23-25-22(20-6-5-7-21(15-20)35(32,33)30(2)3)8-9-24(26(25)29-27(23)28-16-18)34-17-19-10-12-31(4)13-11-19/h5-9,14-16,19H,10-13,17H2,1-4H3,(H,28,29). The van der Waals surface area contributed by atoms with Crippen molar-refractivity contribution < 1.29 is 13.2 Å². The molecule has 0 saturated carbocycles. The van der Waals surface area contributed by atoms with Crippen LogP contribution >= 0.6 is 0 Å². The number of rotatable bonds is 6. The summed E-state index contributed by atoms with van der Waals surface area (Å²) in [4.78, 5) is 10.7. The van der Waals surface area contributed by atoms with Crippen molar-refractivity contribution in [2.45, 2.75) is 24.7 Å². The van der Waals surface area contributed by atoms with E-state index in [1.54, 1.807) is 32.3 Å². The second-order valence-electron chi connectivity index (χ2n) is 9.77. The minimum Gasteiger partial charge on any atom is -0.491 e. The van der Waals surface area contributed by atoms with Crippen LogP contribution in [0, 0.1) is 12.8 Å². The Bertz CT molecular complexity index is 1490. The number of aryl methyl sites for hydroxylation is 1. The SMILES string of the molecule is Cc1cnc2[nH]c3c(OCC4CCN(C)CC4)ccc(-c4cccc(S(=O)(=O)N(C)C)c4)c3c2c1. The maximum absolute atomic E-state index is 12.8. The third kappa shape index (κ3) is 4.53. The lowest BCUT2D eigenvalue weighted by Crippen LogP contribution is -2.32. The number of aromatic amines is 1. The number of piperidine rings is 1. The molecule has 8 heteroatoms. The average molecular weight is 493 g/mol. The van der Waals surface area contributed by atoms with Crippen LogP contribution in [0.2, 0.25) is 0 Å². The van der Waals surface area contributed by atoms with Gasteiger partial charge in [0, 0.05) is 31.1 Å². The summed E-state index contributed by atoms with van der Waals surface area (Å²) in [5.74, 6) is 1.34. The molecule has 0 amide bonds. The van der Waals surface area contributed by atoms with E-state index in [1.807, 2.05) is 31.3 Å². The van der Waals surface area contributed by atoms with Crippen molar-refractivity contribution in [2.24, 2.45) is 5.92 Å². The van der Waals surface area contributed by atoms with Gasteiger partial charge in [-0.2, -0.15) is 0 Å². The van der Waals surface area contributed by atoms with E-state index in [0.717, 1.165) is 70.3 Å². The molecule has 0 atom stereocenters. The minimum absolute atomic E-state index is 0.268. The average Bonchev–Trinajstić information content (AvgIpc) is 3.22. The van der Waals surface area contributed by atoms with Gasteiger partial charge in [0.15, 0.2) is 0 Å². The lowest BCUT2D eigenvalue weighted by atomic mass is 9.98. The second-order valence-corrected chi connectivity index (χ2v) is 11.9. The molecular weight excluding hydrogens is 460 g/mol. The highest BCUT2D eigenvalue weighted by molar-refractivity contribution is 7.89. The van der Waals surface area contributed by atoms with E-state index in [0.29, 0.717) is 12.5 Å². The van der Waals surface area contributed by atoms with Crippen molar-refractivity contribution in [3.63, 3.8) is 0 Å². The number of sulfonamides is 1. The Morgan fingerprint density at radius 3 is 2.66 bits per heavy atom. The smallest absolute Gasteiger partial charge is 0.242 e. The van der Waals surface area contributed by atoms with Crippen LogP contribution in [-0.2, 0) is 10.0 Å². The van der Waals surface area contributed by atoms with E-state index in [9.17, 15) is 8.42 Å². The summed E-state index contributed by atoms with van der Waals surface area (Å²) in [7, 11) is 1.71. The fourth-order valence-corrected chi connectivity index (χ4v) is 5.75. The van der Waals surface area contributed by atoms with Gasteiger partial charge < -0.3 is 14.6 Å². The van der Waals surface area contributed by atoms with Gasteiger partial charge in [-0.1, -0.05) is 12.1 Å². The molecular formula is C27H32N4O3S. The Morgan fingerprint density at radius 2 is 1.91 bits per heavy atom. The number of ether oxygens (including phenoxy) is 1. The van der Waals surface area contributed by atoms with E-state index in [-0.39, 0.29) is 4.90 Å². The number of aromatic nitrogens is 2. The predicted octanol–water partition coefficient (Wildman–Crippen LogP) is 4.66. The number of fused-ring (bicyclic) bond motifs is 3. The van der Waals surface area contributed by atoms with Gasteiger partial charge in [-0.15, -0.1) is 0 Å². The summed E-state index contributed by atoms with van der Waals surface area (Å²) >= 11 is 0. The number of hydrogen-bond donors (Lipinski definition) is 1. The van der Waals surface area contributed by atoms with Crippen LogP contribution < -0.4 is 4.74 Å². The van der Waals surface area contributed by atoms with Crippen molar-refractivity contribution in [2.75, 3.05) is 40.8 Å². The Hall–Kier alpha value is -2.94. The van der Waals surface area contributed by atoms with Crippen LogP contribution in [-0.4, -0.2) is 68.4 Å². The highest BCUT2D eigenvalue weighted by atomic mass is 32.2. The third-order valence-electron chi connectivity index (χ3n) is 6.94. The molecule has 1 saturated heterocycles. The molecule has 184 valence electrons. The van der Waals surface area contributed by atoms with E-state index >= 15 is 0 Å². The summed E-state index contributed by atoms with van der Waals surface area (Å²) < 4.78 is 33.2. The first kappa shape index (κ1) is 23.8. The van der Waals surface area contributed by atoms with Gasteiger partial charge in [-0.3, -0.25) is 0 Å². The first-order valence-corrected chi connectivity index (χ1v) is 13.4. The van der Waals surface area contributed by atoms with Gasteiger partial charge in [0.25, 0.3) is 0 Å². The van der Waals surface area contributed by atoms with Crippen molar-refractivity contribution in [3.05, 3.63) is 54.2 Å². The topological polar surface area (TPSA) is 78.5 Å². The summed E-state index contributed by atoms with van der Waals surface area (Å²) in [6.45, 7) is 4.91. The van der Waals surface area contributed by atoms with Gasteiger partial charge in [0.05, 0.1) is 17.0 Å². The summed E-state index contributed by atoms with van der Waals surface area (Å²) in [6.07, 6.45) is 4.12. The molecule has 5 rings (SSSR count). The fraction of sp³-hybridized carbons (Fsp3) is 0.370. The van der Waals surface area contributed by atoms with Crippen molar-refractivity contribution in [1.82, 2.24) is 19.2 Å². The van der Waals surface area contributed by atoms with E-state index < -0.39 is 10.0 Å². The lowest BCUT2D eigenvalue weighted by molar-refractivity contribution is 0.161. The number of nitrogens with one attached hydrogen (secondary N) is 1. The maximum atomic E-state index is 12.8. The summed E-state index contributed by atoms with van der Waals surface area (Å²) in [5.41, 5.74) is 4.53. The van der Waals surface area contributed by atoms with Gasteiger partial charge in [0.2, 0.25) is 10.0 Å². The zero-order chi connectivity index (χ0) is 24.7. The second kappa shape index (κ2) is 9.26. The third-order valence-corrected chi connectivity index (χ3v) is 8.75. The molecule has 4 aromatic rings. The Labute approximate surface area is 206 Å². The summed E-state index contributed by atoms with van der Waals surface area (Å²) in [6, 6.07) is 13.3. The number of nitrogens with zero attached hydrogens (tertiary/aromatic N) is 3. The molecule has 7 nitrogen and oxygen atoms in total. The molecule has 0 aliphatic carbocycles. The van der Waals surface area contributed by atoms with Crippen molar-refractivity contribution >= 4 is 32.0 Å². The lowest BCUT2D eigenvalue weighted by Gasteiger charge is -2.28. The van der Waals surface area contributed by atoms with E-state index in [4.69, 9.17) is 4.74 Å². The summed E-state index contributed by atoms with van der Waals surface area (Å²) in [5, 5.41) is 2.00. The zero-order valence-electron chi connectivity index (χ0n) is 20.7. The Morgan fingerprint density at radius 1 is 1.14 bits per heavy atom. The van der Waals surface area contributed by atoms with Gasteiger partial charge in [0.1, 0.15) is 11.4 Å². The molecule has 0 unspecified atom stereocenters. The van der Waals surface area contributed by atoms with Crippen LogP contribution in [0.3, 0.4) is 0 Å². The van der Waals surface area contributed by atoms with Crippen molar-refractivity contribution in [3.8, 4) is 16.9 Å². The molecule has 1 aliphatic heterocycles. The molecule has 0 radical (unpaired) electrons. The quantitative estimate of drug-likeness (QED) is 0.423. The van der Waals surface area contributed by atoms with Crippen LogP contribution in [0.5, 0.6) is 5.75 Å². The fourth-order valence-electron chi connectivity index (χ4n) is 4.80. The highest BCUT2D eigenvalue weighted by Crippen LogP contribution is 2.40. The van der Waals surface area contributed by atoms with Crippen molar-refractivity contribution in [1.29, 1.82) is 0 Å². The number of H-pyrrole nitrogens is 1. The molecule has 35 heavy (non-hydrogen) atoms. The molecule has 0 bridgehead atoms. The Balaban J connectivity index is 1.61. The predicted molar refractivity (Wildman–Crippen MR) is 140 cm³/mol. The maximum Gasteiger partial charge on any atom is 0.242 e. The zero-order valence-corrected chi connectivity index (χ0v) is 21.5. The van der Waals surface area contributed by atoms with Gasteiger partial charge in [-0.05, 0) is 92.8 Å². The molecule has 1 fully saturated rings. The van der Waals surface area contributed by atoms with E-state index in [1.165, 1.54) is 4.31 Å². The molecule has 1 N–H and O–H groups in total. The molecule has 2 aromatic carbocycles. The van der Waals surface area contributed by atoms with E-state index in [2.05, 4.69) is 28.0 Å². The van der Waals surface area contributed by atoms with Gasteiger partial charge >= 0.3 is 0 Å². The molecule has 3 heterocycles. The highest BCUT2D eigenvalue weighted by Gasteiger charge is 2.21.